The van der Waals surface area contributed by atoms with Crippen LogP contribution in [0, 0.1) is 0 Å². The fourth-order valence-corrected chi connectivity index (χ4v) is 3.58. The number of anilines is 1. The molecule has 2 aromatic rings. The summed E-state index contributed by atoms with van der Waals surface area (Å²) < 4.78 is 33.2. The molecule has 0 fully saturated rings. The highest BCUT2D eigenvalue weighted by molar-refractivity contribution is 7.92. The lowest BCUT2D eigenvalue weighted by Gasteiger charge is -2.18. The number of hydrogen-bond acceptors (Lipinski definition) is 4. The van der Waals surface area contributed by atoms with Crippen molar-refractivity contribution in [2.24, 2.45) is 0 Å². The highest BCUT2D eigenvalue weighted by atomic mass is 32.2. The Morgan fingerprint density at radius 1 is 1.00 bits per heavy atom. The maximum atomic E-state index is 12.6. The van der Waals surface area contributed by atoms with Gasteiger partial charge in [0.15, 0.2) is 0 Å². The number of rotatable bonds is 8. The molecule has 0 aliphatic rings. The normalized spacial score (nSPS) is 11.0. The minimum absolute atomic E-state index is 0.0832. The molecule has 1 N–H and O–H groups in total. The Kier molecular flexibility index (Phi) is 6.63. The summed E-state index contributed by atoms with van der Waals surface area (Å²) in [5.41, 5.74) is 0.833. The van der Waals surface area contributed by atoms with E-state index < -0.39 is 10.0 Å². The highest BCUT2D eigenvalue weighted by Crippen LogP contribution is 2.26. The minimum atomic E-state index is -3.78. The second-order valence-electron chi connectivity index (χ2n) is 5.54. The second-order valence-corrected chi connectivity index (χ2v) is 7.22. The van der Waals surface area contributed by atoms with Crippen LogP contribution >= 0.6 is 0 Å². The first-order valence-corrected chi connectivity index (χ1v) is 10.0. The van der Waals surface area contributed by atoms with Gasteiger partial charge in [0.25, 0.3) is 15.9 Å². The molecule has 0 saturated carbocycles. The predicted octanol–water partition coefficient (Wildman–Crippen LogP) is 3.37. The summed E-state index contributed by atoms with van der Waals surface area (Å²) in [4.78, 5) is 14.1. The van der Waals surface area contributed by atoms with Gasteiger partial charge in [0.1, 0.15) is 5.75 Å². The van der Waals surface area contributed by atoms with Crippen LogP contribution in [0.25, 0.3) is 0 Å². The molecule has 0 heterocycles. The number of para-hydroxylation sites is 2. The Labute approximate surface area is 154 Å². The van der Waals surface area contributed by atoms with Crippen molar-refractivity contribution >= 4 is 21.6 Å². The van der Waals surface area contributed by atoms with Crippen molar-refractivity contribution in [1.29, 1.82) is 0 Å². The van der Waals surface area contributed by atoms with Gasteiger partial charge in [-0.1, -0.05) is 12.1 Å². The van der Waals surface area contributed by atoms with Crippen LogP contribution in [0.4, 0.5) is 5.69 Å². The summed E-state index contributed by atoms with van der Waals surface area (Å²) in [6.07, 6.45) is 0. The molecule has 0 saturated heterocycles. The zero-order chi connectivity index (χ0) is 19.2. The first-order valence-electron chi connectivity index (χ1n) is 8.56. The highest BCUT2D eigenvalue weighted by Gasteiger charge is 2.18. The number of hydrogen-bond donors (Lipinski definition) is 1. The molecule has 2 rings (SSSR count). The zero-order valence-corrected chi connectivity index (χ0v) is 16.0. The van der Waals surface area contributed by atoms with Crippen LogP contribution in [0.2, 0.25) is 0 Å². The number of carbonyl (C=O) groups excluding carboxylic acids is 1. The minimum Gasteiger partial charge on any atom is -0.492 e. The average Bonchev–Trinajstić information content (AvgIpc) is 2.64. The molecule has 7 heteroatoms. The molecular weight excluding hydrogens is 352 g/mol. The van der Waals surface area contributed by atoms with E-state index in [0.717, 1.165) is 0 Å². The molecule has 6 nitrogen and oxygen atoms in total. The van der Waals surface area contributed by atoms with E-state index in [2.05, 4.69) is 4.72 Å². The van der Waals surface area contributed by atoms with E-state index in [1.807, 2.05) is 20.8 Å². The summed E-state index contributed by atoms with van der Waals surface area (Å²) in [5.74, 6) is 0.348. The Morgan fingerprint density at radius 3 is 2.19 bits per heavy atom. The van der Waals surface area contributed by atoms with E-state index in [4.69, 9.17) is 4.74 Å². The third-order valence-electron chi connectivity index (χ3n) is 3.89. The third kappa shape index (κ3) is 4.54. The molecule has 26 heavy (non-hydrogen) atoms. The molecule has 0 aliphatic heterocycles. The Hall–Kier alpha value is -2.54. The molecule has 0 aromatic heterocycles. The number of nitrogens with one attached hydrogen (secondary N) is 1. The van der Waals surface area contributed by atoms with E-state index in [0.29, 0.717) is 36.7 Å². The summed E-state index contributed by atoms with van der Waals surface area (Å²) in [6, 6.07) is 12.8. The Bertz CT molecular complexity index is 844. The lowest BCUT2D eigenvalue weighted by molar-refractivity contribution is 0.0773. The molecule has 0 radical (unpaired) electrons. The number of sulfonamides is 1. The lowest BCUT2D eigenvalue weighted by atomic mass is 10.2. The molecule has 0 unspecified atom stereocenters. The SMILES string of the molecule is CCOc1ccccc1NS(=O)(=O)c1ccc(C(=O)N(CC)CC)cc1. The first-order chi connectivity index (χ1) is 12.4. The largest absolute Gasteiger partial charge is 0.492 e. The zero-order valence-electron chi connectivity index (χ0n) is 15.2. The summed E-state index contributed by atoms with van der Waals surface area (Å²) >= 11 is 0. The lowest BCUT2D eigenvalue weighted by Crippen LogP contribution is -2.30. The van der Waals surface area contributed by atoms with Crippen molar-refractivity contribution in [3.8, 4) is 5.75 Å². The van der Waals surface area contributed by atoms with Crippen molar-refractivity contribution in [3.05, 3.63) is 54.1 Å². The van der Waals surface area contributed by atoms with Gasteiger partial charge in [0.2, 0.25) is 0 Å². The molecular formula is C19H24N2O4S. The molecule has 0 spiro atoms. The standard InChI is InChI=1S/C19H24N2O4S/c1-4-21(5-2)19(22)15-11-13-16(14-12-15)26(23,24)20-17-9-7-8-10-18(17)25-6-3/h7-14,20H,4-6H2,1-3H3. The smallest absolute Gasteiger partial charge is 0.262 e. The molecule has 2 aromatic carbocycles. The van der Waals surface area contributed by atoms with Crippen molar-refractivity contribution in [3.63, 3.8) is 0 Å². The summed E-state index contributed by atoms with van der Waals surface area (Å²) in [7, 11) is -3.78. The first kappa shape index (κ1) is 19.8. The molecule has 0 bridgehead atoms. The van der Waals surface area contributed by atoms with Crippen LogP contribution in [0.1, 0.15) is 31.1 Å². The van der Waals surface area contributed by atoms with Gasteiger partial charge in [-0.3, -0.25) is 9.52 Å². The van der Waals surface area contributed by atoms with E-state index >= 15 is 0 Å². The van der Waals surface area contributed by atoms with Gasteiger partial charge in [0.05, 0.1) is 17.2 Å². The third-order valence-corrected chi connectivity index (χ3v) is 5.27. The summed E-state index contributed by atoms with van der Waals surface area (Å²) in [5, 5.41) is 0. The number of amides is 1. The van der Waals surface area contributed by atoms with Crippen LogP contribution in [-0.2, 0) is 10.0 Å². The van der Waals surface area contributed by atoms with E-state index in [-0.39, 0.29) is 10.8 Å². The van der Waals surface area contributed by atoms with Gasteiger partial charge in [-0.2, -0.15) is 0 Å². The predicted molar refractivity (Wildman–Crippen MR) is 102 cm³/mol. The Balaban J connectivity index is 2.24. The maximum absolute atomic E-state index is 12.6. The van der Waals surface area contributed by atoms with Gasteiger partial charge in [-0.15, -0.1) is 0 Å². The monoisotopic (exact) mass is 376 g/mol. The van der Waals surface area contributed by atoms with Crippen molar-refractivity contribution < 1.29 is 17.9 Å². The van der Waals surface area contributed by atoms with Crippen LogP contribution in [0.15, 0.2) is 53.4 Å². The van der Waals surface area contributed by atoms with Crippen LogP contribution in [0.3, 0.4) is 0 Å². The van der Waals surface area contributed by atoms with E-state index in [9.17, 15) is 13.2 Å². The van der Waals surface area contributed by atoms with Gasteiger partial charge in [-0.05, 0) is 57.2 Å². The van der Waals surface area contributed by atoms with Crippen LogP contribution < -0.4 is 9.46 Å². The van der Waals surface area contributed by atoms with Gasteiger partial charge >= 0.3 is 0 Å². The molecule has 0 aliphatic carbocycles. The van der Waals surface area contributed by atoms with Crippen molar-refractivity contribution in [2.75, 3.05) is 24.4 Å². The van der Waals surface area contributed by atoms with Crippen molar-refractivity contribution in [1.82, 2.24) is 4.90 Å². The quantitative estimate of drug-likeness (QED) is 0.766. The Morgan fingerprint density at radius 2 is 1.62 bits per heavy atom. The number of ether oxygens (including phenoxy) is 1. The fraction of sp³-hybridized carbons (Fsp3) is 0.316. The molecule has 0 atom stereocenters. The van der Waals surface area contributed by atoms with Crippen LogP contribution in [0.5, 0.6) is 5.75 Å². The average molecular weight is 376 g/mol. The second kappa shape index (κ2) is 8.71. The van der Waals surface area contributed by atoms with Crippen molar-refractivity contribution in [2.45, 2.75) is 25.7 Å². The van der Waals surface area contributed by atoms with Gasteiger partial charge in [-0.25, -0.2) is 8.42 Å². The number of carbonyl (C=O) groups is 1. The summed E-state index contributed by atoms with van der Waals surface area (Å²) in [6.45, 7) is 7.27. The van der Waals surface area contributed by atoms with Gasteiger partial charge in [0, 0.05) is 18.7 Å². The molecule has 1 amide bonds. The van der Waals surface area contributed by atoms with Crippen LogP contribution in [-0.4, -0.2) is 38.9 Å². The van der Waals surface area contributed by atoms with E-state index in [1.54, 1.807) is 29.2 Å². The molecule has 140 valence electrons. The fourth-order valence-electron chi connectivity index (χ4n) is 2.51. The number of nitrogens with zero attached hydrogens (tertiary/aromatic N) is 1. The topological polar surface area (TPSA) is 75.7 Å². The van der Waals surface area contributed by atoms with Gasteiger partial charge < -0.3 is 9.64 Å². The maximum Gasteiger partial charge on any atom is 0.262 e. The van der Waals surface area contributed by atoms with E-state index in [1.165, 1.54) is 24.3 Å². The number of benzene rings is 2.